The third kappa shape index (κ3) is 2.80. The van der Waals surface area contributed by atoms with E-state index in [4.69, 9.17) is 9.47 Å². The molecule has 2 aromatic rings. The van der Waals surface area contributed by atoms with Crippen molar-refractivity contribution in [3.05, 3.63) is 58.8 Å². The second-order valence-electron chi connectivity index (χ2n) is 5.07. The van der Waals surface area contributed by atoms with E-state index in [-0.39, 0.29) is 34.1 Å². The molecule has 0 unspecified atom stereocenters. The average Bonchev–Trinajstić information content (AvgIpc) is 2.82. The van der Waals surface area contributed by atoms with Crippen molar-refractivity contribution in [3.8, 4) is 17.2 Å². The van der Waals surface area contributed by atoms with Crippen LogP contribution in [0, 0.1) is 0 Å². The molecule has 124 valence electrons. The number of rotatable bonds is 2. The predicted octanol–water partition coefficient (Wildman–Crippen LogP) is 4.04. The zero-order chi connectivity index (χ0) is 17.5. The van der Waals surface area contributed by atoms with Crippen LogP contribution in [0.5, 0.6) is 17.2 Å². The molecule has 0 bridgehead atoms. The number of phenolic OH excluding ortho intramolecular Hbond substituents is 1. The van der Waals surface area contributed by atoms with Crippen molar-refractivity contribution < 1.29 is 32.5 Å². The number of fused-ring (bicyclic) bond motifs is 1. The fraction of sp³-hybridized carbons (Fsp3) is 0.118. The highest BCUT2D eigenvalue weighted by Gasteiger charge is 2.35. The fourth-order valence-electron chi connectivity index (χ4n) is 2.35. The van der Waals surface area contributed by atoms with E-state index in [2.05, 4.69) is 0 Å². The van der Waals surface area contributed by atoms with Gasteiger partial charge in [-0.25, -0.2) is 0 Å². The summed E-state index contributed by atoms with van der Waals surface area (Å²) in [7, 11) is 1.26. The normalized spacial score (nSPS) is 15.3. The van der Waals surface area contributed by atoms with Crippen LogP contribution in [-0.2, 0) is 6.18 Å². The van der Waals surface area contributed by atoms with E-state index in [1.54, 1.807) is 0 Å². The van der Waals surface area contributed by atoms with E-state index < -0.39 is 17.5 Å². The van der Waals surface area contributed by atoms with Gasteiger partial charge in [-0.05, 0) is 35.9 Å². The highest BCUT2D eigenvalue weighted by Crippen LogP contribution is 2.38. The van der Waals surface area contributed by atoms with Gasteiger partial charge in [0.25, 0.3) is 0 Å². The maximum atomic E-state index is 13.2. The lowest BCUT2D eigenvalue weighted by Gasteiger charge is -2.12. The largest absolute Gasteiger partial charge is 0.508 e. The van der Waals surface area contributed by atoms with Gasteiger partial charge < -0.3 is 14.6 Å². The van der Waals surface area contributed by atoms with Gasteiger partial charge in [-0.2, -0.15) is 13.2 Å². The molecular formula is C17H11F3O4. The molecule has 3 rings (SSSR count). The maximum Gasteiger partial charge on any atom is 0.417 e. The Balaban J connectivity index is 2.06. The molecule has 0 aromatic heterocycles. The van der Waals surface area contributed by atoms with Crippen LogP contribution in [0.4, 0.5) is 13.2 Å². The Hall–Kier alpha value is -2.96. The topological polar surface area (TPSA) is 55.8 Å². The Bertz CT molecular complexity index is 853. The lowest BCUT2D eigenvalue weighted by atomic mass is 10.0. The van der Waals surface area contributed by atoms with Crippen molar-refractivity contribution in [2.75, 3.05) is 7.11 Å². The summed E-state index contributed by atoms with van der Waals surface area (Å²) in [5.41, 5.74) is -0.977. The molecule has 2 aromatic carbocycles. The first-order chi connectivity index (χ1) is 11.3. The number of ketones is 1. The number of carbonyl (C=O) groups excluding carboxylic acids is 1. The predicted molar refractivity (Wildman–Crippen MR) is 79.0 cm³/mol. The number of allylic oxidation sites excluding steroid dienone is 1. The second kappa shape index (κ2) is 5.59. The molecule has 0 radical (unpaired) electrons. The van der Waals surface area contributed by atoms with Crippen LogP contribution in [0.15, 0.2) is 42.2 Å². The number of halogens is 3. The first-order valence-corrected chi connectivity index (χ1v) is 6.82. The molecule has 0 spiro atoms. The van der Waals surface area contributed by atoms with Crippen LogP contribution in [0.1, 0.15) is 21.5 Å². The SMILES string of the molecule is COc1ccc(/C=C2\Oc3cc(O)ccc3C2=O)c(C(F)(F)F)c1. The Labute approximate surface area is 134 Å². The summed E-state index contributed by atoms with van der Waals surface area (Å²) in [6.45, 7) is 0. The summed E-state index contributed by atoms with van der Waals surface area (Å²) in [5, 5.41) is 9.39. The van der Waals surface area contributed by atoms with Crippen LogP contribution in [-0.4, -0.2) is 18.0 Å². The summed E-state index contributed by atoms with van der Waals surface area (Å²) < 4.78 is 49.7. The van der Waals surface area contributed by atoms with Crippen molar-refractivity contribution in [2.45, 2.75) is 6.18 Å². The van der Waals surface area contributed by atoms with Gasteiger partial charge in [-0.15, -0.1) is 0 Å². The zero-order valence-corrected chi connectivity index (χ0v) is 12.3. The van der Waals surface area contributed by atoms with Gasteiger partial charge in [0.05, 0.1) is 18.2 Å². The minimum Gasteiger partial charge on any atom is -0.508 e. The first-order valence-electron chi connectivity index (χ1n) is 6.82. The molecule has 24 heavy (non-hydrogen) atoms. The maximum absolute atomic E-state index is 13.2. The molecule has 0 saturated heterocycles. The van der Waals surface area contributed by atoms with Crippen LogP contribution in [0.3, 0.4) is 0 Å². The monoisotopic (exact) mass is 336 g/mol. The lowest BCUT2D eigenvalue weighted by Crippen LogP contribution is -2.08. The minimum atomic E-state index is -4.62. The quantitative estimate of drug-likeness (QED) is 0.841. The van der Waals surface area contributed by atoms with Gasteiger partial charge in [0.15, 0.2) is 5.76 Å². The molecular weight excluding hydrogens is 325 g/mol. The summed E-state index contributed by atoms with van der Waals surface area (Å²) in [6, 6.07) is 7.30. The molecule has 0 atom stereocenters. The highest BCUT2D eigenvalue weighted by molar-refractivity contribution is 6.14. The van der Waals surface area contributed by atoms with Crippen molar-refractivity contribution in [2.24, 2.45) is 0 Å². The molecule has 1 aliphatic heterocycles. The number of hydrogen-bond donors (Lipinski definition) is 1. The van der Waals surface area contributed by atoms with Crippen molar-refractivity contribution >= 4 is 11.9 Å². The molecule has 4 nitrogen and oxygen atoms in total. The molecule has 1 aliphatic rings. The number of ether oxygens (including phenoxy) is 2. The van der Waals surface area contributed by atoms with Crippen LogP contribution >= 0.6 is 0 Å². The van der Waals surface area contributed by atoms with Crippen LogP contribution in [0.25, 0.3) is 6.08 Å². The van der Waals surface area contributed by atoms with Crippen molar-refractivity contribution in [1.29, 1.82) is 0 Å². The first kappa shape index (κ1) is 15.9. The number of carbonyl (C=O) groups is 1. The van der Waals surface area contributed by atoms with Gasteiger partial charge in [-0.1, -0.05) is 6.07 Å². The molecule has 1 heterocycles. The van der Waals surface area contributed by atoms with Crippen molar-refractivity contribution in [3.63, 3.8) is 0 Å². The number of alkyl halides is 3. The highest BCUT2D eigenvalue weighted by atomic mass is 19.4. The number of benzene rings is 2. The van der Waals surface area contributed by atoms with E-state index >= 15 is 0 Å². The average molecular weight is 336 g/mol. The van der Waals surface area contributed by atoms with Gasteiger partial charge >= 0.3 is 6.18 Å². The number of phenols is 1. The smallest absolute Gasteiger partial charge is 0.417 e. The Kier molecular flexibility index (Phi) is 3.71. The van der Waals surface area contributed by atoms with E-state index in [0.717, 1.165) is 12.1 Å². The molecule has 0 saturated carbocycles. The number of aromatic hydroxyl groups is 1. The summed E-state index contributed by atoms with van der Waals surface area (Å²) >= 11 is 0. The van der Waals surface area contributed by atoms with Crippen LogP contribution in [0.2, 0.25) is 0 Å². The second-order valence-corrected chi connectivity index (χ2v) is 5.07. The minimum absolute atomic E-state index is 0.0522. The number of methoxy groups -OCH3 is 1. The Morgan fingerprint density at radius 1 is 1.17 bits per heavy atom. The van der Waals surface area contributed by atoms with E-state index in [0.29, 0.717) is 0 Å². The molecule has 0 aliphatic carbocycles. The number of hydrogen-bond acceptors (Lipinski definition) is 4. The van der Waals surface area contributed by atoms with E-state index in [1.807, 2.05) is 0 Å². The summed E-state index contributed by atoms with van der Waals surface area (Å²) in [6.07, 6.45) is -3.59. The molecule has 7 heteroatoms. The third-order valence-electron chi connectivity index (χ3n) is 3.51. The lowest BCUT2D eigenvalue weighted by molar-refractivity contribution is -0.137. The zero-order valence-electron chi connectivity index (χ0n) is 12.3. The van der Waals surface area contributed by atoms with Gasteiger partial charge in [0, 0.05) is 6.07 Å². The van der Waals surface area contributed by atoms with Gasteiger partial charge in [0.2, 0.25) is 5.78 Å². The van der Waals surface area contributed by atoms with E-state index in [1.165, 1.54) is 37.4 Å². The van der Waals surface area contributed by atoms with Crippen molar-refractivity contribution in [1.82, 2.24) is 0 Å². The Morgan fingerprint density at radius 3 is 2.58 bits per heavy atom. The third-order valence-corrected chi connectivity index (χ3v) is 3.51. The fourth-order valence-corrected chi connectivity index (χ4v) is 2.35. The van der Waals surface area contributed by atoms with E-state index in [9.17, 15) is 23.1 Å². The Morgan fingerprint density at radius 2 is 1.92 bits per heavy atom. The van der Waals surface area contributed by atoms with Gasteiger partial charge in [0.1, 0.15) is 17.2 Å². The summed E-state index contributed by atoms with van der Waals surface area (Å²) in [4.78, 5) is 12.2. The standard InChI is InChI=1S/C17H11F3O4/c1-23-11-4-2-9(13(8-11)17(18,19)20)6-15-16(22)12-5-3-10(21)7-14(12)24-15/h2-8,21H,1H3/b15-6-. The molecule has 1 N–H and O–H groups in total. The summed E-state index contributed by atoms with van der Waals surface area (Å²) in [5.74, 6) is -0.742. The van der Waals surface area contributed by atoms with Gasteiger partial charge in [-0.3, -0.25) is 4.79 Å². The van der Waals surface area contributed by atoms with Crippen LogP contribution < -0.4 is 9.47 Å². The molecule has 0 amide bonds. The molecule has 0 fully saturated rings. The number of Topliss-reactive ketones (excluding diaryl/α,β-unsaturated/α-hetero) is 1.